The van der Waals surface area contributed by atoms with Crippen molar-refractivity contribution in [3.63, 3.8) is 0 Å². The van der Waals surface area contributed by atoms with E-state index in [0.29, 0.717) is 21.2 Å². The minimum absolute atomic E-state index is 0.0652. The van der Waals surface area contributed by atoms with Gasteiger partial charge in [-0.2, -0.15) is 10.5 Å². The van der Waals surface area contributed by atoms with Crippen LogP contribution >= 0.6 is 23.4 Å². The highest BCUT2D eigenvalue weighted by molar-refractivity contribution is 8.03. The second-order valence-corrected chi connectivity index (χ2v) is 7.23. The van der Waals surface area contributed by atoms with Gasteiger partial charge in [-0.3, -0.25) is 9.59 Å². The lowest BCUT2D eigenvalue weighted by atomic mass is 9.72. The van der Waals surface area contributed by atoms with E-state index in [4.69, 9.17) is 11.6 Å². The van der Waals surface area contributed by atoms with Gasteiger partial charge in [-0.05, 0) is 24.3 Å². The molecule has 0 saturated heterocycles. The van der Waals surface area contributed by atoms with Crippen LogP contribution in [0.1, 0.15) is 24.2 Å². The minimum Gasteiger partial charge on any atom is -0.319 e. The molecule has 1 amide bonds. The molecule has 1 aromatic carbocycles. The minimum atomic E-state index is -0.941. The van der Waals surface area contributed by atoms with Gasteiger partial charge < -0.3 is 5.32 Å². The molecule has 1 N–H and O–H groups in total. The fourth-order valence-corrected chi connectivity index (χ4v) is 3.59. The number of nitrogens with one attached hydrogen (secondary N) is 1. The van der Waals surface area contributed by atoms with Gasteiger partial charge in [0, 0.05) is 16.0 Å². The standard InChI is InChI=1S/C17H14ClN3O2S/c1-17(2)12(7-19)15(23)21-16(13(17)8-20)24-9-14(22)10-3-5-11(18)6-4-10/h3-6,12H,9H2,1-2H3,(H,21,23). The van der Waals surface area contributed by atoms with Gasteiger partial charge in [0.05, 0.1) is 28.5 Å². The van der Waals surface area contributed by atoms with E-state index >= 15 is 0 Å². The first-order valence-electron chi connectivity index (χ1n) is 7.08. The number of halogens is 1. The van der Waals surface area contributed by atoms with Gasteiger partial charge in [-0.25, -0.2) is 0 Å². The normalized spacial score (nSPS) is 19.2. The molecule has 0 saturated carbocycles. The number of benzene rings is 1. The summed E-state index contributed by atoms with van der Waals surface area (Å²) in [6, 6.07) is 10.5. The van der Waals surface area contributed by atoms with E-state index in [1.165, 1.54) is 0 Å². The lowest BCUT2D eigenvalue weighted by Crippen LogP contribution is -2.44. The molecule has 2 rings (SSSR count). The average molecular weight is 360 g/mol. The lowest BCUT2D eigenvalue weighted by Gasteiger charge is -2.34. The molecule has 1 atom stereocenters. The van der Waals surface area contributed by atoms with Crippen LogP contribution in [0.3, 0.4) is 0 Å². The number of ketones is 1. The molecule has 0 aromatic heterocycles. The van der Waals surface area contributed by atoms with E-state index in [-0.39, 0.29) is 11.5 Å². The Morgan fingerprint density at radius 3 is 2.50 bits per heavy atom. The molecule has 0 aliphatic carbocycles. The fraction of sp³-hybridized carbons (Fsp3) is 0.294. The zero-order valence-corrected chi connectivity index (χ0v) is 14.7. The van der Waals surface area contributed by atoms with Gasteiger partial charge >= 0.3 is 0 Å². The van der Waals surface area contributed by atoms with E-state index in [0.717, 1.165) is 11.8 Å². The van der Waals surface area contributed by atoms with Crippen molar-refractivity contribution in [1.29, 1.82) is 10.5 Å². The zero-order valence-electron chi connectivity index (χ0n) is 13.1. The Balaban J connectivity index is 2.22. The smallest absolute Gasteiger partial charge is 0.243 e. The molecule has 0 fully saturated rings. The van der Waals surface area contributed by atoms with E-state index in [1.807, 2.05) is 6.07 Å². The Labute approximate surface area is 149 Å². The lowest BCUT2D eigenvalue weighted by molar-refractivity contribution is -0.125. The summed E-state index contributed by atoms with van der Waals surface area (Å²) >= 11 is 6.88. The van der Waals surface area contributed by atoms with E-state index in [9.17, 15) is 20.1 Å². The third-order valence-electron chi connectivity index (χ3n) is 3.85. The van der Waals surface area contributed by atoms with Crippen molar-refractivity contribution in [1.82, 2.24) is 5.32 Å². The summed E-state index contributed by atoms with van der Waals surface area (Å²) in [6.07, 6.45) is 0. The summed E-state index contributed by atoms with van der Waals surface area (Å²) in [4.78, 5) is 24.3. The topological polar surface area (TPSA) is 93.8 Å². The largest absolute Gasteiger partial charge is 0.319 e. The third-order valence-corrected chi connectivity index (χ3v) is 5.10. The van der Waals surface area contributed by atoms with Gasteiger partial charge in [0.1, 0.15) is 5.92 Å². The Kier molecular flexibility index (Phi) is 5.33. The number of carbonyl (C=O) groups excluding carboxylic acids is 2. The third kappa shape index (κ3) is 3.46. The first-order valence-corrected chi connectivity index (χ1v) is 8.44. The van der Waals surface area contributed by atoms with Crippen molar-refractivity contribution in [2.45, 2.75) is 13.8 Å². The van der Waals surface area contributed by atoms with Crippen LogP contribution < -0.4 is 5.32 Å². The molecule has 5 nitrogen and oxygen atoms in total. The van der Waals surface area contributed by atoms with Crippen LogP contribution in [-0.4, -0.2) is 17.4 Å². The van der Waals surface area contributed by atoms with Crippen LogP contribution in [0.4, 0.5) is 0 Å². The van der Waals surface area contributed by atoms with Crippen molar-refractivity contribution >= 4 is 35.1 Å². The average Bonchev–Trinajstić information content (AvgIpc) is 2.52. The number of carbonyl (C=O) groups is 2. The Morgan fingerprint density at radius 1 is 1.33 bits per heavy atom. The predicted molar refractivity (Wildman–Crippen MR) is 91.9 cm³/mol. The van der Waals surface area contributed by atoms with Gasteiger partial charge in [0.2, 0.25) is 5.91 Å². The molecule has 0 bridgehead atoms. The van der Waals surface area contributed by atoms with Crippen LogP contribution in [0, 0.1) is 34.0 Å². The summed E-state index contributed by atoms with van der Waals surface area (Å²) in [5.41, 5.74) is -0.0952. The second kappa shape index (κ2) is 7.09. The molecule has 1 aromatic rings. The molecular weight excluding hydrogens is 346 g/mol. The summed E-state index contributed by atoms with van der Waals surface area (Å²) < 4.78 is 0. The number of hydrogen-bond acceptors (Lipinski definition) is 5. The maximum atomic E-state index is 12.2. The maximum Gasteiger partial charge on any atom is 0.243 e. The Morgan fingerprint density at radius 2 is 1.96 bits per heavy atom. The van der Waals surface area contributed by atoms with Gasteiger partial charge in [0.25, 0.3) is 0 Å². The monoisotopic (exact) mass is 359 g/mol. The van der Waals surface area contributed by atoms with Gasteiger partial charge in [-0.15, -0.1) is 0 Å². The molecule has 122 valence electrons. The summed E-state index contributed by atoms with van der Waals surface area (Å²) in [5, 5.41) is 22.0. The summed E-state index contributed by atoms with van der Waals surface area (Å²) in [7, 11) is 0. The van der Waals surface area contributed by atoms with E-state index in [1.54, 1.807) is 38.1 Å². The molecule has 1 heterocycles. The number of Topliss-reactive ketones (excluding diaryl/α,β-unsaturated/α-hetero) is 1. The first-order chi connectivity index (χ1) is 11.3. The van der Waals surface area contributed by atoms with Crippen LogP contribution in [0.2, 0.25) is 5.02 Å². The number of rotatable bonds is 4. The van der Waals surface area contributed by atoms with Crippen molar-refractivity contribution in [3.05, 3.63) is 45.5 Å². The second-order valence-electron chi connectivity index (χ2n) is 5.81. The highest BCUT2D eigenvalue weighted by atomic mass is 35.5. The zero-order chi connectivity index (χ0) is 17.9. The molecule has 24 heavy (non-hydrogen) atoms. The van der Waals surface area contributed by atoms with Gasteiger partial charge in [-0.1, -0.05) is 37.2 Å². The Hall–Kier alpha value is -2.28. The number of hydrogen-bond donors (Lipinski definition) is 1. The highest BCUT2D eigenvalue weighted by Gasteiger charge is 2.44. The number of allylic oxidation sites excluding steroid dienone is 1. The van der Waals surface area contributed by atoms with Crippen molar-refractivity contribution in [2.24, 2.45) is 11.3 Å². The quantitative estimate of drug-likeness (QED) is 0.832. The van der Waals surface area contributed by atoms with E-state index in [2.05, 4.69) is 11.4 Å². The van der Waals surface area contributed by atoms with Gasteiger partial charge in [0.15, 0.2) is 5.78 Å². The number of thioether (sulfide) groups is 1. The summed E-state index contributed by atoms with van der Waals surface area (Å²) in [5.74, 6) is -1.47. The first kappa shape index (κ1) is 18.1. The molecule has 1 aliphatic heterocycles. The number of nitriles is 2. The molecule has 0 radical (unpaired) electrons. The van der Waals surface area contributed by atoms with Crippen LogP contribution in [0.15, 0.2) is 34.9 Å². The fourth-order valence-electron chi connectivity index (χ4n) is 2.39. The molecule has 0 spiro atoms. The number of amides is 1. The van der Waals surface area contributed by atoms with Crippen LogP contribution in [-0.2, 0) is 4.79 Å². The van der Waals surface area contributed by atoms with Crippen molar-refractivity contribution < 1.29 is 9.59 Å². The Bertz CT molecular complexity index is 801. The molecule has 7 heteroatoms. The van der Waals surface area contributed by atoms with Crippen molar-refractivity contribution in [3.8, 4) is 12.1 Å². The maximum absolute atomic E-state index is 12.2. The highest BCUT2D eigenvalue weighted by Crippen LogP contribution is 2.41. The summed E-state index contributed by atoms with van der Waals surface area (Å²) in [6.45, 7) is 3.36. The van der Waals surface area contributed by atoms with Crippen LogP contribution in [0.5, 0.6) is 0 Å². The van der Waals surface area contributed by atoms with E-state index < -0.39 is 17.2 Å². The van der Waals surface area contributed by atoms with Crippen molar-refractivity contribution in [2.75, 3.05) is 5.75 Å². The molecule has 1 unspecified atom stereocenters. The predicted octanol–water partition coefficient (Wildman–Crippen LogP) is 3.29. The number of nitrogens with zero attached hydrogens (tertiary/aromatic N) is 2. The SMILES string of the molecule is CC1(C)C(C#N)=C(SCC(=O)c2ccc(Cl)cc2)NC(=O)C1C#N. The molecule has 1 aliphatic rings. The molecular formula is C17H14ClN3O2S. The van der Waals surface area contributed by atoms with Crippen LogP contribution in [0.25, 0.3) is 0 Å².